The zero-order valence-corrected chi connectivity index (χ0v) is 10.5. The number of hydrogen-bond acceptors (Lipinski definition) is 3. The number of ether oxygens (including phenoxy) is 1. The maximum absolute atomic E-state index is 10.4. The van der Waals surface area contributed by atoms with Crippen molar-refractivity contribution in [1.82, 2.24) is 5.32 Å². The van der Waals surface area contributed by atoms with Crippen molar-refractivity contribution in [1.29, 1.82) is 0 Å². The zero-order valence-electron chi connectivity index (χ0n) is 10.5. The minimum atomic E-state index is -0.463. The Bertz CT molecular complexity index is 224. The molecule has 0 amide bonds. The van der Waals surface area contributed by atoms with E-state index in [0.717, 1.165) is 51.2 Å². The van der Waals surface area contributed by atoms with Gasteiger partial charge in [0.15, 0.2) is 0 Å². The van der Waals surface area contributed by atoms with Crippen LogP contribution in [-0.2, 0) is 4.74 Å². The van der Waals surface area contributed by atoms with Crippen LogP contribution in [0.5, 0.6) is 0 Å². The minimum Gasteiger partial charge on any atom is -0.389 e. The summed E-state index contributed by atoms with van der Waals surface area (Å²) in [6.45, 7) is 5.98. The van der Waals surface area contributed by atoms with E-state index < -0.39 is 5.60 Å². The van der Waals surface area contributed by atoms with Crippen LogP contribution in [-0.4, -0.2) is 36.0 Å². The molecule has 1 heterocycles. The van der Waals surface area contributed by atoms with Gasteiger partial charge in [0.25, 0.3) is 0 Å². The molecule has 1 saturated carbocycles. The average Bonchev–Trinajstić information content (AvgIpc) is 2.67. The Morgan fingerprint density at radius 2 is 1.94 bits per heavy atom. The van der Waals surface area contributed by atoms with Crippen LogP contribution < -0.4 is 5.32 Å². The highest BCUT2D eigenvalue weighted by molar-refractivity contribution is 4.89. The second kappa shape index (κ2) is 5.03. The fourth-order valence-corrected chi connectivity index (χ4v) is 2.80. The summed E-state index contributed by atoms with van der Waals surface area (Å²) in [6.07, 6.45) is 5.59. The van der Waals surface area contributed by atoms with Crippen LogP contribution in [0.25, 0.3) is 0 Å². The topological polar surface area (TPSA) is 41.5 Å². The molecule has 1 saturated heterocycles. The van der Waals surface area contributed by atoms with Crippen molar-refractivity contribution in [3.8, 4) is 0 Å². The van der Waals surface area contributed by atoms with E-state index in [1.807, 2.05) is 0 Å². The van der Waals surface area contributed by atoms with Crippen molar-refractivity contribution in [3.05, 3.63) is 0 Å². The Kier molecular flexibility index (Phi) is 3.88. The molecule has 3 heteroatoms. The summed E-state index contributed by atoms with van der Waals surface area (Å²) < 4.78 is 5.51. The van der Waals surface area contributed by atoms with Crippen molar-refractivity contribution in [3.63, 3.8) is 0 Å². The molecule has 0 spiro atoms. The first-order valence-electron chi connectivity index (χ1n) is 6.66. The van der Waals surface area contributed by atoms with Gasteiger partial charge in [-0.25, -0.2) is 0 Å². The van der Waals surface area contributed by atoms with E-state index in [1.165, 1.54) is 0 Å². The van der Waals surface area contributed by atoms with Gasteiger partial charge in [-0.1, -0.05) is 6.92 Å². The van der Waals surface area contributed by atoms with Gasteiger partial charge in [-0.2, -0.15) is 0 Å². The SMILES string of the molecule is CC1CCC(O)(CNC2CCOC2C)CC1. The van der Waals surface area contributed by atoms with Crippen LogP contribution in [0.1, 0.15) is 46.0 Å². The second-order valence-corrected chi connectivity index (χ2v) is 5.76. The van der Waals surface area contributed by atoms with E-state index in [4.69, 9.17) is 4.74 Å². The number of rotatable bonds is 3. The predicted octanol–water partition coefficient (Wildman–Crippen LogP) is 1.69. The van der Waals surface area contributed by atoms with Gasteiger partial charge in [0.1, 0.15) is 0 Å². The maximum atomic E-state index is 10.4. The lowest BCUT2D eigenvalue weighted by Crippen LogP contribution is -2.48. The molecule has 0 aromatic carbocycles. The molecule has 2 N–H and O–H groups in total. The van der Waals surface area contributed by atoms with Crippen LogP contribution in [0.4, 0.5) is 0 Å². The molecule has 2 aliphatic rings. The lowest BCUT2D eigenvalue weighted by molar-refractivity contribution is -0.0100. The minimum absolute atomic E-state index is 0.297. The summed E-state index contributed by atoms with van der Waals surface area (Å²) >= 11 is 0. The predicted molar refractivity (Wildman–Crippen MR) is 64.4 cm³/mol. The first-order valence-corrected chi connectivity index (χ1v) is 6.66. The van der Waals surface area contributed by atoms with Crippen molar-refractivity contribution in [2.45, 2.75) is 63.7 Å². The molecule has 3 nitrogen and oxygen atoms in total. The lowest BCUT2D eigenvalue weighted by Gasteiger charge is -2.36. The van der Waals surface area contributed by atoms with E-state index in [1.54, 1.807) is 0 Å². The molecule has 0 aromatic heterocycles. The van der Waals surface area contributed by atoms with Gasteiger partial charge in [-0.15, -0.1) is 0 Å². The summed E-state index contributed by atoms with van der Waals surface area (Å²) in [6, 6.07) is 0.434. The smallest absolute Gasteiger partial charge is 0.0771 e. The van der Waals surface area contributed by atoms with E-state index in [2.05, 4.69) is 19.2 Å². The highest BCUT2D eigenvalue weighted by Gasteiger charge is 2.33. The Balaban J connectivity index is 1.76. The van der Waals surface area contributed by atoms with Crippen molar-refractivity contribution < 1.29 is 9.84 Å². The number of aliphatic hydroxyl groups is 1. The molecule has 2 rings (SSSR count). The highest BCUT2D eigenvalue weighted by Crippen LogP contribution is 2.31. The molecule has 1 aliphatic heterocycles. The first kappa shape index (κ1) is 12.3. The summed E-state index contributed by atoms with van der Waals surface area (Å²) in [5.74, 6) is 0.786. The summed E-state index contributed by atoms with van der Waals surface area (Å²) in [5, 5.41) is 13.9. The zero-order chi connectivity index (χ0) is 11.6. The molecule has 16 heavy (non-hydrogen) atoms. The van der Waals surface area contributed by atoms with Crippen LogP contribution in [0.3, 0.4) is 0 Å². The monoisotopic (exact) mass is 227 g/mol. The van der Waals surface area contributed by atoms with Gasteiger partial charge in [0.2, 0.25) is 0 Å². The molecule has 94 valence electrons. The molecular formula is C13H25NO2. The van der Waals surface area contributed by atoms with Gasteiger partial charge in [-0.05, 0) is 44.9 Å². The molecule has 2 atom stereocenters. The van der Waals surface area contributed by atoms with Gasteiger partial charge in [-0.3, -0.25) is 0 Å². The van der Waals surface area contributed by atoms with Crippen LogP contribution in [0.2, 0.25) is 0 Å². The Morgan fingerprint density at radius 1 is 1.25 bits per heavy atom. The molecular weight excluding hydrogens is 202 g/mol. The Hall–Kier alpha value is -0.120. The average molecular weight is 227 g/mol. The third kappa shape index (κ3) is 2.96. The Morgan fingerprint density at radius 3 is 2.50 bits per heavy atom. The fraction of sp³-hybridized carbons (Fsp3) is 1.00. The summed E-state index contributed by atoms with van der Waals surface area (Å²) in [5.41, 5.74) is -0.463. The van der Waals surface area contributed by atoms with Gasteiger partial charge >= 0.3 is 0 Å². The molecule has 2 unspecified atom stereocenters. The third-order valence-electron chi connectivity index (χ3n) is 4.27. The normalized spacial score (nSPS) is 44.8. The Labute approximate surface area is 98.6 Å². The molecule has 1 aliphatic carbocycles. The standard InChI is InChI=1S/C13H25NO2/c1-10-3-6-13(15,7-4-10)9-14-12-5-8-16-11(12)2/h10-12,14-15H,3-9H2,1-2H3. The lowest BCUT2D eigenvalue weighted by atomic mass is 9.79. The van der Waals surface area contributed by atoms with Gasteiger partial charge in [0.05, 0.1) is 11.7 Å². The van der Waals surface area contributed by atoms with Crippen LogP contribution in [0, 0.1) is 5.92 Å². The first-order chi connectivity index (χ1) is 7.59. The molecule has 0 radical (unpaired) electrons. The fourth-order valence-electron chi connectivity index (χ4n) is 2.80. The highest BCUT2D eigenvalue weighted by atomic mass is 16.5. The van der Waals surface area contributed by atoms with Crippen molar-refractivity contribution in [2.24, 2.45) is 5.92 Å². The summed E-state index contributed by atoms with van der Waals surface area (Å²) in [4.78, 5) is 0. The van der Waals surface area contributed by atoms with E-state index in [9.17, 15) is 5.11 Å². The van der Waals surface area contributed by atoms with Crippen LogP contribution in [0.15, 0.2) is 0 Å². The van der Waals surface area contributed by atoms with Gasteiger partial charge in [0, 0.05) is 19.2 Å². The van der Waals surface area contributed by atoms with E-state index >= 15 is 0 Å². The molecule has 2 fully saturated rings. The maximum Gasteiger partial charge on any atom is 0.0771 e. The van der Waals surface area contributed by atoms with E-state index in [-0.39, 0.29) is 0 Å². The second-order valence-electron chi connectivity index (χ2n) is 5.76. The number of hydrogen-bond donors (Lipinski definition) is 2. The number of nitrogens with one attached hydrogen (secondary N) is 1. The van der Waals surface area contributed by atoms with Crippen molar-refractivity contribution >= 4 is 0 Å². The summed E-state index contributed by atoms with van der Waals surface area (Å²) in [7, 11) is 0. The van der Waals surface area contributed by atoms with E-state index in [0.29, 0.717) is 12.1 Å². The van der Waals surface area contributed by atoms with Crippen LogP contribution >= 0.6 is 0 Å². The molecule has 0 bridgehead atoms. The quantitative estimate of drug-likeness (QED) is 0.771. The third-order valence-corrected chi connectivity index (χ3v) is 4.27. The largest absolute Gasteiger partial charge is 0.389 e. The molecule has 0 aromatic rings. The van der Waals surface area contributed by atoms with Crippen molar-refractivity contribution in [2.75, 3.05) is 13.2 Å². The van der Waals surface area contributed by atoms with Gasteiger partial charge < -0.3 is 15.2 Å².